The third kappa shape index (κ3) is 2.64. The molecular formula is C15H14N2. The van der Waals surface area contributed by atoms with Gasteiger partial charge in [0, 0.05) is 19.3 Å². The fourth-order valence-electron chi connectivity index (χ4n) is 1.80. The van der Waals surface area contributed by atoms with Crippen LogP contribution in [-0.4, -0.2) is 7.05 Å². The van der Waals surface area contributed by atoms with Crippen LogP contribution in [0.1, 0.15) is 11.1 Å². The summed E-state index contributed by atoms with van der Waals surface area (Å²) in [6.45, 7) is 0.744. The number of anilines is 1. The number of hydrogen-bond donors (Lipinski definition) is 0. The van der Waals surface area contributed by atoms with E-state index < -0.39 is 0 Å². The van der Waals surface area contributed by atoms with Gasteiger partial charge in [-0.1, -0.05) is 36.4 Å². The Hall–Kier alpha value is -2.27. The van der Waals surface area contributed by atoms with E-state index in [9.17, 15) is 0 Å². The predicted molar refractivity (Wildman–Crippen MR) is 69.7 cm³/mol. The highest BCUT2D eigenvalue weighted by atomic mass is 15.1. The first kappa shape index (κ1) is 11.2. The molecular weight excluding hydrogens is 208 g/mol. The van der Waals surface area contributed by atoms with E-state index in [0.717, 1.165) is 23.4 Å². The number of nitriles is 1. The van der Waals surface area contributed by atoms with E-state index in [1.807, 2.05) is 49.5 Å². The summed E-state index contributed by atoms with van der Waals surface area (Å²) in [5.41, 5.74) is 2.96. The Morgan fingerprint density at radius 1 is 1.00 bits per heavy atom. The van der Waals surface area contributed by atoms with E-state index in [-0.39, 0.29) is 0 Å². The van der Waals surface area contributed by atoms with Crippen LogP contribution < -0.4 is 4.90 Å². The van der Waals surface area contributed by atoms with Gasteiger partial charge in [0.2, 0.25) is 0 Å². The fraction of sp³-hybridized carbons (Fsp3) is 0.133. The van der Waals surface area contributed by atoms with Gasteiger partial charge in [0.25, 0.3) is 0 Å². The molecule has 0 atom stereocenters. The molecule has 84 valence electrons. The zero-order chi connectivity index (χ0) is 12.1. The van der Waals surface area contributed by atoms with Crippen molar-refractivity contribution in [3.63, 3.8) is 0 Å². The molecule has 0 aromatic heterocycles. The van der Waals surface area contributed by atoms with E-state index in [4.69, 9.17) is 5.26 Å². The molecule has 17 heavy (non-hydrogen) atoms. The SMILES string of the molecule is CN(Cc1ccccc1C#N)c1ccccc1. The van der Waals surface area contributed by atoms with E-state index in [0.29, 0.717) is 0 Å². The van der Waals surface area contributed by atoms with E-state index in [1.165, 1.54) is 0 Å². The highest BCUT2D eigenvalue weighted by Crippen LogP contribution is 2.16. The second kappa shape index (κ2) is 5.18. The Labute approximate surface area is 102 Å². The molecule has 0 heterocycles. The van der Waals surface area contributed by atoms with Gasteiger partial charge < -0.3 is 4.90 Å². The molecule has 0 radical (unpaired) electrons. The molecule has 2 aromatic rings. The van der Waals surface area contributed by atoms with Crippen molar-refractivity contribution in [2.45, 2.75) is 6.54 Å². The lowest BCUT2D eigenvalue weighted by Crippen LogP contribution is -2.16. The van der Waals surface area contributed by atoms with Crippen LogP contribution in [0.2, 0.25) is 0 Å². The van der Waals surface area contributed by atoms with E-state index in [1.54, 1.807) is 0 Å². The molecule has 0 bridgehead atoms. The minimum Gasteiger partial charge on any atom is -0.370 e. The second-order valence-corrected chi connectivity index (χ2v) is 3.96. The van der Waals surface area contributed by atoms with Crippen molar-refractivity contribution >= 4 is 5.69 Å². The lowest BCUT2D eigenvalue weighted by atomic mass is 10.1. The lowest BCUT2D eigenvalue weighted by Gasteiger charge is -2.19. The summed E-state index contributed by atoms with van der Waals surface area (Å²) in [6, 6.07) is 20.1. The van der Waals surface area contributed by atoms with E-state index >= 15 is 0 Å². The summed E-state index contributed by atoms with van der Waals surface area (Å²) in [5.74, 6) is 0. The molecule has 0 amide bonds. The lowest BCUT2D eigenvalue weighted by molar-refractivity contribution is 0.920. The summed E-state index contributed by atoms with van der Waals surface area (Å²) in [4.78, 5) is 2.14. The first-order valence-corrected chi connectivity index (χ1v) is 5.55. The maximum Gasteiger partial charge on any atom is 0.0995 e. The Balaban J connectivity index is 2.19. The number of rotatable bonds is 3. The molecule has 2 rings (SSSR count). The van der Waals surface area contributed by atoms with Crippen LogP contribution in [0.15, 0.2) is 54.6 Å². The summed E-state index contributed by atoms with van der Waals surface area (Å²) < 4.78 is 0. The van der Waals surface area contributed by atoms with Gasteiger partial charge in [0.05, 0.1) is 11.6 Å². The smallest absolute Gasteiger partial charge is 0.0995 e. The van der Waals surface area contributed by atoms with Crippen LogP contribution >= 0.6 is 0 Å². The van der Waals surface area contributed by atoms with Crippen LogP contribution in [-0.2, 0) is 6.54 Å². The molecule has 0 spiro atoms. The van der Waals surface area contributed by atoms with Crippen molar-refractivity contribution in [3.05, 3.63) is 65.7 Å². The van der Waals surface area contributed by atoms with Crippen LogP contribution in [0, 0.1) is 11.3 Å². The molecule has 2 nitrogen and oxygen atoms in total. The highest BCUT2D eigenvalue weighted by molar-refractivity contribution is 5.47. The molecule has 0 fully saturated rings. The Morgan fingerprint density at radius 2 is 1.65 bits per heavy atom. The normalized spacial score (nSPS) is 9.65. The zero-order valence-corrected chi connectivity index (χ0v) is 9.80. The van der Waals surface area contributed by atoms with Gasteiger partial charge >= 0.3 is 0 Å². The van der Waals surface area contributed by atoms with Crippen molar-refractivity contribution in [1.29, 1.82) is 5.26 Å². The van der Waals surface area contributed by atoms with Crippen molar-refractivity contribution in [3.8, 4) is 6.07 Å². The van der Waals surface area contributed by atoms with Gasteiger partial charge in [0.15, 0.2) is 0 Å². The van der Waals surface area contributed by atoms with Crippen LogP contribution in [0.4, 0.5) is 5.69 Å². The summed E-state index contributed by atoms with van der Waals surface area (Å²) in [5, 5.41) is 9.03. The van der Waals surface area contributed by atoms with Gasteiger partial charge in [-0.3, -0.25) is 0 Å². The van der Waals surface area contributed by atoms with Gasteiger partial charge in [-0.05, 0) is 23.8 Å². The monoisotopic (exact) mass is 222 g/mol. The maximum atomic E-state index is 9.03. The molecule has 0 N–H and O–H groups in total. The van der Waals surface area contributed by atoms with Gasteiger partial charge in [0.1, 0.15) is 0 Å². The highest BCUT2D eigenvalue weighted by Gasteiger charge is 2.05. The fourth-order valence-corrected chi connectivity index (χ4v) is 1.80. The molecule has 0 aliphatic rings. The van der Waals surface area contributed by atoms with Gasteiger partial charge in [-0.15, -0.1) is 0 Å². The third-order valence-electron chi connectivity index (χ3n) is 2.74. The molecule has 0 unspecified atom stereocenters. The first-order valence-electron chi connectivity index (χ1n) is 5.55. The minimum absolute atomic E-state index is 0.744. The molecule has 2 aromatic carbocycles. The Bertz CT molecular complexity index is 526. The minimum atomic E-state index is 0.744. The number of benzene rings is 2. The van der Waals surface area contributed by atoms with Gasteiger partial charge in [-0.2, -0.15) is 5.26 Å². The zero-order valence-electron chi connectivity index (χ0n) is 9.80. The molecule has 0 saturated carbocycles. The van der Waals surface area contributed by atoms with Crippen molar-refractivity contribution in [2.24, 2.45) is 0 Å². The standard InChI is InChI=1S/C15H14N2/c1-17(15-9-3-2-4-10-15)12-14-8-6-5-7-13(14)11-16/h2-10H,12H2,1H3. The van der Waals surface area contributed by atoms with Crippen LogP contribution in [0.3, 0.4) is 0 Å². The number of hydrogen-bond acceptors (Lipinski definition) is 2. The summed E-state index contributed by atoms with van der Waals surface area (Å²) in [7, 11) is 2.03. The summed E-state index contributed by atoms with van der Waals surface area (Å²) >= 11 is 0. The van der Waals surface area contributed by atoms with Crippen molar-refractivity contribution in [1.82, 2.24) is 0 Å². The number of nitrogens with zero attached hydrogens (tertiary/aromatic N) is 2. The largest absolute Gasteiger partial charge is 0.370 e. The average Bonchev–Trinajstić information content (AvgIpc) is 2.40. The first-order chi connectivity index (χ1) is 8.31. The van der Waals surface area contributed by atoms with Crippen molar-refractivity contribution < 1.29 is 0 Å². The summed E-state index contributed by atoms with van der Waals surface area (Å²) in [6.07, 6.45) is 0. The van der Waals surface area contributed by atoms with Crippen LogP contribution in [0.5, 0.6) is 0 Å². The van der Waals surface area contributed by atoms with Gasteiger partial charge in [-0.25, -0.2) is 0 Å². The molecule has 2 heteroatoms. The van der Waals surface area contributed by atoms with Crippen molar-refractivity contribution in [2.75, 3.05) is 11.9 Å². The molecule has 0 aliphatic heterocycles. The second-order valence-electron chi connectivity index (χ2n) is 3.96. The topological polar surface area (TPSA) is 27.0 Å². The molecule has 0 aliphatic carbocycles. The number of para-hydroxylation sites is 1. The predicted octanol–water partition coefficient (Wildman–Crippen LogP) is 3.19. The quantitative estimate of drug-likeness (QED) is 0.797. The Kier molecular flexibility index (Phi) is 3.42. The van der Waals surface area contributed by atoms with Crippen LogP contribution in [0.25, 0.3) is 0 Å². The maximum absolute atomic E-state index is 9.03. The average molecular weight is 222 g/mol. The third-order valence-corrected chi connectivity index (χ3v) is 2.74. The Morgan fingerprint density at radius 3 is 2.35 bits per heavy atom. The molecule has 0 saturated heterocycles. The van der Waals surface area contributed by atoms with E-state index in [2.05, 4.69) is 23.1 Å².